The lowest BCUT2D eigenvalue weighted by Crippen LogP contribution is -1.98. The number of benzene rings is 1. The molecule has 0 fully saturated rings. The molecule has 0 aliphatic carbocycles. The van der Waals surface area contributed by atoms with Crippen LogP contribution in [0.15, 0.2) is 18.2 Å². The van der Waals surface area contributed by atoms with Crippen molar-refractivity contribution in [2.45, 2.75) is 0 Å². The van der Waals surface area contributed by atoms with Crippen LogP contribution < -0.4 is 0 Å². The summed E-state index contributed by atoms with van der Waals surface area (Å²) in [6.45, 7) is 0. The SMILES string of the molecule is O=Cc1c(C=[OH+])cccc1[N+](=O)[O-]. The Kier molecular flexibility index (Phi) is 2.49. The van der Waals surface area contributed by atoms with Crippen molar-refractivity contribution in [2.75, 3.05) is 0 Å². The quantitative estimate of drug-likeness (QED) is 0.300. The molecule has 5 heteroatoms. The van der Waals surface area contributed by atoms with Crippen LogP contribution in [0.25, 0.3) is 0 Å². The largest absolute Gasteiger partial charge is 0.313 e. The van der Waals surface area contributed by atoms with Gasteiger partial charge >= 0.3 is 6.29 Å². The van der Waals surface area contributed by atoms with Crippen molar-refractivity contribution in [1.29, 1.82) is 0 Å². The van der Waals surface area contributed by atoms with Crippen molar-refractivity contribution >= 4 is 18.3 Å². The molecule has 0 aliphatic heterocycles. The molecule has 66 valence electrons. The van der Waals surface area contributed by atoms with E-state index in [1.165, 1.54) is 18.2 Å². The van der Waals surface area contributed by atoms with Crippen LogP contribution in [0.5, 0.6) is 0 Å². The van der Waals surface area contributed by atoms with E-state index < -0.39 is 4.92 Å². The minimum absolute atomic E-state index is 0.116. The minimum Gasteiger partial charge on any atom is -0.298 e. The number of nitro benzene ring substituents is 1. The highest BCUT2D eigenvalue weighted by atomic mass is 16.6. The fourth-order valence-corrected chi connectivity index (χ4v) is 0.971. The molecule has 5 nitrogen and oxygen atoms in total. The molecular weight excluding hydrogens is 174 g/mol. The van der Waals surface area contributed by atoms with Gasteiger partial charge in [0.05, 0.1) is 10.5 Å². The summed E-state index contributed by atoms with van der Waals surface area (Å²) in [4.78, 5) is 28.9. The fourth-order valence-electron chi connectivity index (χ4n) is 0.971. The van der Waals surface area contributed by atoms with Crippen molar-refractivity contribution < 1.29 is 14.5 Å². The van der Waals surface area contributed by atoms with Gasteiger partial charge in [0.2, 0.25) is 0 Å². The number of hydrogen-bond donors (Lipinski definition) is 0. The molecule has 1 aromatic carbocycles. The monoisotopic (exact) mass is 180 g/mol. The van der Waals surface area contributed by atoms with Gasteiger partial charge in [-0.25, -0.2) is 0 Å². The van der Waals surface area contributed by atoms with Gasteiger partial charge in [0.1, 0.15) is 5.56 Å². The molecule has 0 saturated heterocycles. The predicted molar refractivity (Wildman–Crippen MR) is 45.6 cm³/mol. The number of carbonyl (C=O) groups is 1. The van der Waals surface area contributed by atoms with Gasteiger partial charge in [-0.2, -0.15) is 0 Å². The first-order valence-electron chi connectivity index (χ1n) is 3.40. The van der Waals surface area contributed by atoms with E-state index in [0.29, 0.717) is 12.6 Å². The lowest BCUT2D eigenvalue weighted by molar-refractivity contribution is -0.385. The van der Waals surface area contributed by atoms with Crippen LogP contribution in [0.2, 0.25) is 0 Å². The van der Waals surface area contributed by atoms with Crippen molar-refractivity contribution in [3.05, 3.63) is 39.4 Å². The Morgan fingerprint density at radius 3 is 2.62 bits per heavy atom. The Bertz CT molecular complexity index is 372. The average Bonchev–Trinajstić information content (AvgIpc) is 2.16. The molecule has 0 aliphatic rings. The van der Waals surface area contributed by atoms with Crippen LogP contribution in [0, 0.1) is 10.1 Å². The first-order valence-corrected chi connectivity index (χ1v) is 3.40. The minimum atomic E-state index is -0.670. The van der Waals surface area contributed by atoms with Crippen LogP contribution in [-0.2, 0) is 0 Å². The second kappa shape index (κ2) is 3.57. The first-order chi connectivity index (χ1) is 6.20. The third kappa shape index (κ3) is 1.58. The molecule has 13 heavy (non-hydrogen) atoms. The zero-order valence-electron chi connectivity index (χ0n) is 6.51. The maximum atomic E-state index is 10.5. The van der Waals surface area contributed by atoms with E-state index in [1.54, 1.807) is 0 Å². The molecule has 0 amide bonds. The second-order valence-electron chi connectivity index (χ2n) is 2.28. The van der Waals surface area contributed by atoms with Gasteiger partial charge in [-0.15, -0.1) is 0 Å². The summed E-state index contributed by atoms with van der Waals surface area (Å²) in [6.07, 6.45) is 1.01. The molecule has 1 rings (SSSR count). The maximum absolute atomic E-state index is 10.5. The van der Waals surface area contributed by atoms with Gasteiger partial charge in [-0.1, -0.05) is 6.07 Å². The number of carbonyl (C=O) groups excluding carboxylic acids is 2. The van der Waals surface area contributed by atoms with E-state index in [0.717, 1.165) is 0 Å². The van der Waals surface area contributed by atoms with Gasteiger partial charge in [0, 0.05) is 6.07 Å². The van der Waals surface area contributed by atoms with Crippen LogP contribution in [0.1, 0.15) is 15.9 Å². The summed E-state index contributed by atoms with van der Waals surface area (Å²) in [5.74, 6) is 0. The molecule has 0 radical (unpaired) electrons. The lowest BCUT2D eigenvalue weighted by Gasteiger charge is -1.95. The Morgan fingerprint density at radius 2 is 2.15 bits per heavy atom. The summed E-state index contributed by atoms with van der Waals surface area (Å²) in [6, 6.07) is 4.01. The first kappa shape index (κ1) is 9.05. The molecule has 0 unspecified atom stereocenters. The molecular formula is C8H6NO4+. The third-order valence-electron chi connectivity index (χ3n) is 1.57. The zero-order valence-corrected chi connectivity index (χ0v) is 6.51. The number of hydrogen-bond acceptors (Lipinski definition) is 3. The normalized spacial score (nSPS) is 9.23. The highest BCUT2D eigenvalue weighted by Gasteiger charge is 2.17. The summed E-state index contributed by atoms with van der Waals surface area (Å²) < 4.78 is 0. The molecule has 0 heterocycles. The molecule has 0 bridgehead atoms. The van der Waals surface area contributed by atoms with Gasteiger partial charge < -0.3 is 0 Å². The average molecular weight is 180 g/mol. The van der Waals surface area contributed by atoms with Gasteiger partial charge in [0.25, 0.3) is 5.69 Å². The van der Waals surface area contributed by atoms with Crippen molar-refractivity contribution in [3.8, 4) is 0 Å². The molecule has 0 saturated carbocycles. The van der Waals surface area contributed by atoms with E-state index in [-0.39, 0.29) is 16.8 Å². The number of rotatable bonds is 3. The highest BCUT2D eigenvalue weighted by molar-refractivity contribution is 5.94. The van der Waals surface area contributed by atoms with E-state index in [2.05, 4.69) is 0 Å². The Labute approximate surface area is 73.1 Å². The van der Waals surface area contributed by atoms with Crippen LogP contribution in [0.3, 0.4) is 0 Å². The molecule has 0 spiro atoms. The van der Waals surface area contributed by atoms with Crippen molar-refractivity contribution in [3.63, 3.8) is 0 Å². The Balaban J connectivity index is 3.43. The summed E-state index contributed by atoms with van der Waals surface area (Å²) in [7, 11) is 0. The van der Waals surface area contributed by atoms with Crippen molar-refractivity contribution in [1.82, 2.24) is 0 Å². The van der Waals surface area contributed by atoms with Crippen LogP contribution in [-0.4, -0.2) is 22.3 Å². The van der Waals surface area contributed by atoms with Gasteiger partial charge in [-0.05, 0) is 6.07 Å². The summed E-state index contributed by atoms with van der Waals surface area (Å²) in [5.41, 5.74) is -0.281. The molecule has 0 atom stereocenters. The van der Waals surface area contributed by atoms with Crippen molar-refractivity contribution in [2.24, 2.45) is 0 Å². The lowest BCUT2D eigenvalue weighted by atomic mass is 10.1. The molecule has 1 aromatic rings. The van der Waals surface area contributed by atoms with Gasteiger partial charge in [-0.3, -0.25) is 19.7 Å². The van der Waals surface area contributed by atoms with Crippen LogP contribution >= 0.6 is 0 Å². The highest BCUT2D eigenvalue weighted by Crippen LogP contribution is 2.18. The van der Waals surface area contributed by atoms with Crippen LogP contribution in [0.4, 0.5) is 5.69 Å². The fraction of sp³-hybridized carbons (Fsp3) is 0. The third-order valence-corrected chi connectivity index (χ3v) is 1.57. The Morgan fingerprint density at radius 1 is 1.46 bits per heavy atom. The zero-order chi connectivity index (χ0) is 9.84. The Hall–Kier alpha value is -2.04. The number of nitrogens with zero attached hydrogens (tertiary/aromatic N) is 1. The van der Waals surface area contributed by atoms with E-state index in [1.807, 2.05) is 0 Å². The number of nitro groups is 1. The summed E-state index contributed by atoms with van der Waals surface area (Å²) >= 11 is 0. The molecule has 0 aromatic heterocycles. The molecule has 1 N–H and O–H groups in total. The smallest absolute Gasteiger partial charge is 0.298 e. The van der Waals surface area contributed by atoms with E-state index in [4.69, 9.17) is 4.79 Å². The number of aldehydes is 2. The van der Waals surface area contributed by atoms with E-state index >= 15 is 0 Å². The predicted octanol–water partition coefficient (Wildman–Crippen LogP) is 0.930. The maximum Gasteiger partial charge on any atom is 0.313 e. The second-order valence-corrected chi connectivity index (χ2v) is 2.28. The summed E-state index contributed by atoms with van der Waals surface area (Å²) in [5, 5.41) is 10.4. The van der Waals surface area contributed by atoms with Gasteiger partial charge in [0.15, 0.2) is 6.29 Å². The topological polar surface area (TPSA) is 81.6 Å². The standard InChI is InChI=1S/C8H5NO4/c10-4-6-2-1-3-8(9(12)13)7(6)5-11/h1-5H/p+1. The van der Waals surface area contributed by atoms with E-state index in [9.17, 15) is 14.9 Å².